The highest BCUT2D eigenvalue weighted by Gasteiger charge is 2.16. The first-order valence-corrected chi connectivity index (χ1v) is 4.08. The van der Waals surface area contributed by atoms with Crippen LogP contribution < -0.4 is 0 Å². The normalized spacial score (nSPS) is 14.5. The van der Waals surface area contributed by atoms with E-state index in [1.54, 1.807) is 0 Å². The maximum absolute atomic E-state index is 10.2. The van der Waals surface area contributed by atoms with Gasteiger partial charge in [0.05, 0.1) is 0 Å². The number of rotatable bonds is 5. The molecule has 1 N–H and O–H groups in total. The molecule has 1 unspecified atom stereocenters. The summed E-state index contributed by atoms with van der Waals surface area (Å²) in [6.45, 7) is 6.11. The van der Waals surface area contributed by atoms with Crippen LogP contribution in [0.2, 0.25) is 0 Å². The van der Waals surface area contributed by atoms with Crippen molar-refractivity contribution in [2.45, 2.75) is 33.6 Å². The highest BCUT2D eigenvalue weighted by Crippen LogP contribution is 2.23. The summed E-state index contributed by atoms with van der Waals surface area (Å²) in [5, 5.41) is 8.89. The summed E-state index contributed by atoms with van der Waals surface area (Å²) in [5.41, 5.74) is -0.0305. The Labute approximate surface area is 68.6 Å². The monoisotopic (exact) mass is 158 g/mol. The fraction of sp³-hybridized carbons (Fsp3) is 0.889. The maximum Gasteiger partial charge on any atom is 0.122 e. The number of aliphatic hydroxyl groups excluding tert-OH is 1. The summed E-state index contributed by atoms with van der Waals surface area (Å²) in [6, 6.07) is 0. The summed E-state index contributed by atoms with van der Waals surface area (Å²) in [6.07, 6.45) is 2.74. The first-order valence-electron chi connectivity index (χ1n) is 4.08. The highest BCUT2D eigenvalue weighted by molar-refractivity contribution is 5.52. The van der Waals surface area contributed by atoms with Crippen molar-refractivity contribution in [3.63, 3.8) is 0 Å². The Balaban J connectivity index is 3.60. The van der Waals surface area contributed by atoms with Gasteiger partial charge in [-0.1, -0.05) is 20.8 Å². The predicted octanol–water partition coefficient (Wildman–Crippen LogP) is 1.62. The van der Waals surface area contributed by atoms with Gasteiger partial charge in [-0.2, -0.15) is 0 Å². The first-order chi connectivity index (χ1) is 5.02. The van der Waals surface area contributed by atoms with E-state index in [9.17, 15) is 4.79 Å². The molecule has 0 bridgehead atoms. The summed E-state index contributed by atoms with van der Waals surface area (Å²) >= 11 is 0. The molecule has 0 amide bonds. The van der Waals surface area contributed by atoms with E-state index in [1.807, 2.05) is 20.8 Å². The van der Waals surface area contributed by atoms with Crippen molar-refractivity contribution in [2.75, 3.05) is 6.61 Å². The topological polar surface area (TPSA) is 37.3 Å². The summed E-state index contributed by atoms with van der Waals surface area (Å²) in [7, 11) is 0. The zero-order valence-electron chi connectivity index (χ0n) is 7.63. The Morgan fingerprint density at radius 2 is 2.09 bits per heavy atom. The minimum absolute atomic E-state index is 0.0305. The van der Waals surface area contributed by atoms with Crippen molar-refractivity contribution in [3.05, 3.63) is 0 Å². The van der Waals surface area contributed by atoms with Crippen molar-refractivity contribution in [1.82, 2.24) is 0 Å². The molecule has 0 spiro atoms. The fourth-order valence-electron chi connectivity index (χ4n) is 0.766. The Kier molecular flexibility index (Phi) is 4.34. The van der Waals surface area contributed by atoms with Crippen LogP contribution in [-0.2, 0) is 4.79 Å². The molecule has 66 valence electrons. The van der Waals surface area contributed by atoms with Crippen molar-refractivity contribution >= 4 is 6.29 Å². The molecule has 0 aromatic rings. The lowest BCUT2D eigenvalue weighted by atomic mass is 9.86. The maximum atomic E-state index is 10.2. The molecule has 0 rings (SSSR count). The number of aldehydes is 1. The van der Waals surface area contributed by atoms with Gasteiger partial charge in [-0.15, -0.1) is 0 Å². The minimum atomic E-state index is -0.0305. The number of aliphatic hydroxyl groups is 1. The Morgan fingerprint density at radius 3 is 2.45 bits per heavy atom. The zero-order chi connectivity index (χ0) is 8.91. The molecule has 2 nitrogen and oxygen atoms in total. The Morgan fingerprint density at radius 1 is 1.55 bits per heavy atom. The molecule has 1 atom stereocenters. The fourth-order valence-corrected chi connectivity index (χ4v) is 0.766. The van der Waals surface area contributed by atoms with Crippen molar-refractivity contribution < 1.29 is 9.90 Å². The number of hydrogen-bond acceptors (Lipinski definition) is 2. The van der Waals surface area contributed by atoms with E-state index in [2.05, 4.69) is 0 Å². The van der Waals surface area contributed by atoms with Crippen LogP contribution in [0.3, 0.4) is 0 Å². The van der Waals surface area contributed by atoms with Crippen LogP contribution in [0, 0.1) is 11.3 Å². The van der Waals surface area contributed by atoms with Gasteiger partial charge in [0.25, 0.3) is 0 Å². The highest BCUT2D eigenvalue weighted by atomic mass is 16.3. The average Bonchev–Trinajstić information content (AvgIpc) is 2.00. The first kappa shape index (κ1) is 10.6. The van der Waals surface area contributed by atoms with E-state index in [-0.39, 0.29) is 17.9 Å². The van der Waals surface area contributed by atoms with E-state index in [0.717, 1.165) is 19.1 Å². The zero-order valence-corrected chi connectivity index (χ0v) is 7.63. The molecule has 0 fully saturated rings. The second kappa shape index (κ2) is 4.50. The van der Waals surface area contributed by atoms with Crippen molar-refractivity contribution in [3.8, 4) is 0 Å². The molecule has 0 radical (unpaired) electrons. The van der Waals surface area contributed by atoms with Gasteiger partial charge in [0.1, 0.15) is 6.29 Å². The van der Waals surface area contributed by atoms with Gasteiger partial charge in [0.2, 0.25) is 0 Å². The second-order valence-corrected chi connectivity index (χ2v) is 3.97. The Hall–Kier alpha value is -0.370. The summed E-state index contributed by atoms with van der Waals surface area (Å²) < 4.78 is 0. The van der Waals surface area contributed by atoms with Crippen LogP contribution in [0.5, 0.6) is 0 Å². The lowest BCUT2D eigenvalue weighted by molar-refractivity contribution is -0.111. The van der Waals surface area contributed by atoms with Crippen molar-refractivity contribution in [2.24, 2.45) is 11.3 Å². The molecule has 0 saturated heterocycles. The molecule has 0 aliphatic carbocycles. The van der Waals surface area contributed by atoms with E-state index < -0.39 is 0 Å². The van der Waals surface area contributed by atoms with Crippen LogP contribution in [0.1, 0.15) is 33.6 Å². The number of carbonyl (C=O) groups is 1. The molecule has 0 saturated carbocycles. The van der Waals surface area contributed by atoms with Crippen LogP contribution in [0.15, 0.2) is 0 Å². The predicted molar refractivity (Wildman–Crippen MR) is 45.3 cm³/mol. The van der Waals surface area contributed by atoms with Gasteiger partial charge in [0, 0.05) is 12.5 Å². The average molecular weight is 158 g/mol. The SMILES string of the molecule is CC(C=O)CCC(C)(C)CO. The Bertz CT molecular complexity index is 119. The minimum Gasteiger partial charge on any atom is -0.396 e. The van der Waals surface area contributed by atoms with Crippen LogP contribution >= 0.6 is 0 Å². The van der Waals surface area contributed by atoms with E-state index in [0.29, 0.717) is 0 Å². The third-order valence-electron chi connectivity index (χ3n) is 1.94. The van der Waals surface area contributed by atoms with Gasteiger partial charge in [-0.05, 0) is 18.3 Å². The standard InChI is InChI=1S/C9H18O2/c1-8(6-10)4-5-9(2,3)7-11/h6,8,11H,4-5,7H2,1-3H3. The van der Waals surface area contributed by atoms with Gasteiger partial charge < -0.3 is 9.90 Å². The largest absolute Gasteiger partial charge is 0.396 e. The lowest BCUT2D eigenvalue weighted by Gasteiger charge is -2.21. The smallest absolute Gasteiger partial charge is 0.122 e. The molecular weight excluding hydrogens is 140 g/mol. The summed E-state index contributed by atoms with van der Waals surface area (Å²) in [4.78, 5) is 10.2. The molecular formula is C9H18O2. The molecule has 0 aromatic heterocycles. The van der Waals surface area contributed by atoms with Gasteiger partial charge in [-0.3, -0.25) is 0 Å². The van der Waals surface area contributed by atoms with Crippen LogP contribution in [0.4, 0.5) is 0 Å². The molecule has 0 heterocycles. The van der Waals surface area contributed by atoms with Gasteiger partial charge >= 0.3 is 0 Å². The molecule has 2 heteroatoms. The molecule has 0 aromatic carbocycles. The van der Waals surface area contributed by atoms with E-state index in [4.69, 9.17) is 5.11 Å². The van der Waals surface area contributed by atoms with Crippen molar-refractivity contribution in [1.29, 1.82) is 0 Å². The summed E-state index contributed by atoms with van der Waals surface area (Å²) in [5.74, 6) is 0.126. The van der Waals surface area contributed by atoms with Crippen LogP contribution in [0.25, 0.3) is 0 Å². The third-order valence-corrected chi connectivity index (χ3v) is 1.94. The number of carbonyl (C=O) groups excluding carboxylic acids is 1. The van der Waals surface area contributed by atoms with E-state index in [1.165, 1.54) is 0 Å². The van der Waals surface area contributed by atoms with Gasteiger partial charge in [0.15, 0.2) is 0 Å². The third kappa shape index (κ3) is 4.96. The molecule has 11 heavy (non-hydrogen) atoms. The quantitative estimate of drug-likeness (QED) is 0.617. The second-order valence-electron chi connectivity index (χ2n) is 3.97. The van der Waals surface area contributed by atoms with Crippen LogP contribution in [-0.4, -0.2) is 18.0 Å². The van der Waals surface area contributed by atoms with Gasteiger partial charge in [-0.25, -0.2) is 0 Å². The number of hydrogen-bond donors (Lipinski definition) is 1. The molecule has 0 aliphatic rings. The van der Waals surface area contributed by atoms with E-state index >= 15 is 0 Å². The lowest BCUT2D eigenvalue weighted by Crippen LogP contribution is -2.17. The molecule has 0 aliphatic heterocycles.